The number of benzene rings is 1. The summed E-state index contributed by atoms with van der Waals surface area (Å²) in [6, 6.07) is 7.17. The van der Waals surface area contributed by atoms with E-state index in [-0.39, 0.29) is 18.0 Å². The molecule has 0 saturated carbocycles. The molecule has 2 aromatic heterocycles. The van der Waals surface area contributed by atoms with Gasteiger partial charge in [-0.15, -0.1) is 0 Å². The minimum absolute atomic E-state index is 0.0487. The van der Waals surface area contributed by atoms with Gasteiger partial charge in [0, 0.05) is 23.2 Å². The van der Waals surface area contributed by atoms with Crippen molar-refractivity contribution in [2.75, 3.05) is 5.32 Å². The van der Waals surface area contributed by atoms with Gasteiger partial charge in [-0.1, -0.05) is 19.1 Å². The van der Waals surface area contributed by atoms with E-state index in [4.69, 9.17) is 0 Å². The van der Waals surface area contributed by atoms with Crippen LogP contribution in [0.25, 0.3) is 11.4 Å². The number of aryl methyl sites for hydroxylation is 2. The van der Waals surface area contributed by atoms with E-state index in [0.29, 0.717) is 39.4 Å². The summed E-state index contributed by atoms with van der Waals surface area (Å²) in [4.78, 5) is 16.9. The molecule has 0 fully saturated rings. The number of hydrogen-bond donors (Lipinski definition) is 2. The Hall–Kier alpha value is -3.10. The molecule has 7 nitrogen and oxygen atoms in total. The Morgan fingerprint density at radius 2 is 2.04 bits per heavy atom. The number of anilines is 1. The van der Waals surface area contributed by atoms with Crippen molar-refractivity contribution in [3.05, 3.63) is 47.0 Å². The van der Waals surface area contributed by atoms with Crippen LogP contribution in [0.2, 0.25) is 0 Å². The van der Waals surface area contributed by atoms with Gasteiger partial charge in [-0.25, -0.2) is 9.67 Å². The van der Waals surface area contributed by atoms with Crippen molar-refractivity contribution in [1.82, 2.24) is 25.0 Å². The lowest BCUT2D eigenvalue weighted by molar-refractivity contribution is -0.115. The summed E-state index contributed by atoms with van der Waals surface area (Å²) in [6.45, 7) is 2.37. The lowest BCUT2D eigenvalue weighted by Crippen LogP contribution is -2.16. The molecule has 0 aliphatic heterocycles. The predicted octanol–water partition coefficient (Wildman–Crippen LogP) is 3.42. The Morgan fingerprint density at radius 1 is 1.30 bits per heavy atom. The van der Waals surface area contributed by atoms with Crippen LogP contribution in [0.3, 0.4) is 0 Å². The normalized spacial score (nSPS) is 11.2. The van der Waals surface area contributed by atoms with E-state index in [0.717, 1.165) is 5.82 Å². The van der Waals surface area contributed by atoms with Gasteiger partial charge in [-0.2, -0.15) is 19.0 Å². The fourth-order valence-corrected chi connectivity index (χ4v) is 2.86. The minimum atomic E-state index is -2.74. The highest BCUT2D eigenvalue weighted by Gasteiger charge is 2.20. The molecule has 1 amide bonds. The predicted molar refractivity (Wildman–Crippen MR) is 96.5 cm³/mol. The van der Waals surface area contributed by atoms with E-state index in [9.17, 15) is 13.6 Å². The summed E-state index contributed by atoms with van der Waals surface area (Å²) in [5.41, 5.74) is 2.43. The molecule has 0 unspecified atom stereocenters. The Balaban J connectivity index is 1.81. The largest absolute Gasteiger partial charge is 0.333 e. The van der Waals surface area contributed by atoms with Crippen LogP contribution in [0, 0.1) is 13.8 Å². The van der Waals surface area contributed by atoms with Gasteiger partial charge < -0.3 is 5.32 Å². The van der Waals surface area contributed by atoms with E-state index in [2.05, 4.69) is 25.6 Å². The standard InChI is InChI=1S/C18H20F2N6O/c1-4-15-22-17(24-23-15)12-7-5-6-8-14(12)21-16(27)9-13-10(2)25-26(11(13)3)18(19)20/h5-8,18H,4,9H2,1-3H3,(H,21,27)(H,22,23,24). The lowest BCUT2D eigenvalue weighted by atomic mass is 10.1. The van der Waals surface area contributed by atoms with Gasteiger partial charge in [0.25, 0.3) is 0 Å². The monoisotopic (exact) mass is 374 g/mol. The van der Waals surface area contributed by atoms with Gasteiger partial charge in [0.15, 0.2) is 5.82 Å². The molecule has 1 aromatic carbocycles. The van der Waals surface area contributed by atoms with Crippen LogP contribution in [0.4, 0.5) is 14.5 Å². The minimum Gasteiger partial charge on any atom is -0.325 e. The van der Waals surface area contributed by atoms with Crippen LogP contribution in [0.15, 0.2) is 24.3 Å². The summed E-state index contributed by atoms with van der Waals surface area (Å²) in [5, 5.41) is 13.7. The Bertz CT molecular complexity index is 963. The number of aromatic nitrogens is 5. The first kappa shape index (κ1) is 18.7. The molecule has 3 rings (SSSR count). The van der Waals surface area contributed by atoms with E-state index in [1.54, 1.807) is 19.1 Å². The number of nitrogens with one attached hydrogen (secondary N) is 2. The molecule has 0 aliphatic rings. The van der Waals surface area contributed by atoms with E-state index < -0.39 is 6.55 Å². The van der Waals surface area contributed by atoms with Crippen LogP contribution in [0.1, 0.15) is 36.2 Å². The molecule has 0 atom stereocenters. The molecule has 0 aliphatic carbocycles. The maximum absolute atomic E-state index is 13.0. The second kappa shape index (κ2) is 7.65. The van der Waals surface area contributed by atoms with Gasteiger partial charge in [0.2, 0.25) is 5.91 Å². The first-order chi connectivity index (χ1) is 12.9. The number of halogens is 2. The van der Waals surface area contributed by atoms with Crippen molar-refractivity contribution in [2.24, 2.45) is 0 Å². The second-order valence-corrected chi connectivity index (χ2v) is 6.10. The van der Waals surface area contributed by atoms with Crippen LogP contribution in [-0.2, 0) is 17.6 Å². The summed E-state index contributed by atoms with van der Waals surface area (Å²) in [7, 11) is 0. The molecule has 0 spiro atoms. The van der Waals surface area contributed by atoms with Crippen molar-refractivity contribution >= 4 is 11.6 Å². The highest BCUT2D eigenvalue weighted by Crippen LogP contribution is 2.26. The molecular formula is C18H20F2N6O. The van der Waals surface area contributed by atoms with Gasteiger partial charge in [-0.05, 0) is 26.0 Å². The molecule has 2 N–H and O–H groups in total. The Morgan fingerprint density at radius 3 is 2.67 bits per heavy atom. The first-order valence-corrected chi connectivity index (χ1v) is 8.54. The van der Waals surface area contributed by atoms with E-state index >= 15 is 0 Å². The molecule has 142 valence electrons. The van der Waals surface area contributed by atoms with Crippen LogP contribution in [-0.4, -0.2) is 30.9 Å². The third-order valence-electron chi connectivity index (χ3n) is 4.31. The Kier molecular flexibility index (Phi) is 5.29. The summed E-state index contributed by atoms with van der Waals surface area (Å²) < 4.78 is 26.6. The third kappa shape index (κ3) is 3.86. The summed E-state index contributed by atoms with van der Waals surface area (Å²) in [6.07, 6.45) is 0.668. The number of carbonyl (C=O) groups is 1. The van der Waals surface area contributed by atoms with Crippen LogP contribution in [0.5, 0.6) is 0 Å². The Labute approximate surface area is 154 Å². The van der Waals surface area contributed by atoms with Crippen molar-refractivity contribution in [3.63, 3.8) is 0 Å². The van der Waals surface area contributed by atoms with Crippen LogP contribution < -0.4 is 5.32 Å². The average molecular weight is 374 g/mol. The number of para-hydroxylation sites is 1. The number of amides is 1. The molecule has 3 aromatic rings. The fourth-order valence-electron chi connectivity index (χ4n) is 2.86. The zero-order valence-corrected chi connectivity index (χ0v) is 15.3. The van der Waals surface area contributed by atoms with Gasteiger partial charge in [0.05, 0.1) is 17.8 Å². The highest BCUT2D eigenvalue weighted by atomic mass is 19.3. The van der Waals surface area contributed by atoms with Gasteiger partial charge in [0.1, 0.15) is 5.82 Å². The molecule has 2 heterocycles. The zero-order chi connectivity index (χ0) is 19.6. The van der Waals surface area contributed by atoms with Crippen LogP contribution >= 0.6 is 0 Å². The number of hydrogen-bond acceptors (Lipinski definition) is 4. The topological polar surface area (TPSA) is 88.5 Å². The summed E-state index contributed by atoms with van der Waals surface area (Å²) >= 11 is 0. The first-order valence-electron chi connectivity index (χ1n) is 8.54. The third-order valence-corrected chi connectivity index (χ3v) is 4.31. The second-order valence-electron chi connectivity index (χ2n) is 6.10. The fraction of sp³-hybridized carbons (Fsp3) is 0.333. The maximum Gasteiger partial charge on any atom is 0.333 e. The molecule has 27 heavy (non-hydrogen) atoms. The van der Waals surface area contributed by atoms with Crippen molar-refractivity contribution in [1.29, 1.82) is 0 Å². The van der Waals surface area contributed by atoms with Crippen molar-refractivity contribution < 1.29 is 13.6 Å². The number of H-pyrrole nitrogens is 1. The number of carbonyl (C=O) groups excluding carboxylic acids is 1. The number of nitrogens with zero attached hydrogens (tertiary/aromatic N) is 4. The zero-order valence-electron chi connectivity index (χ0n) is 15.3. The molecule has 0 bridgehead atoms. The van der Waals surface area contributed by atoms with Gasteiger partial charge >= 0.3 is 6.55 Å². The molecule has 0 radical (unpaired) electrons. The van der Waals surface area contributed by atoms with Crippen molar-refractivity contribution in [3.8, 4) is 11.4 Å². The maximum atomic E-state index is 13.0. The highest BCUT2D eigenvalue weighted by molar-refractivity contribution is 5.96. The van der Waals surface area contributed by atoms with E-state index in [1.807, 2.05) is 19.1 Å². The smallest absolute Gasteiger partial charge is 0.325 e. The van der Waals surface area contributed by atoms with E-state index in [1.165, 1.54) is 6.92 Å². The van der Waals surface area contributed by atoms with Crippen molar-refractivity contribution in [2.45, 2.75) is 40.2 Å². The average Bonchev–Trinajstić information content (AvgIpc) is 3.22. The molecule has 9 heteroatoms. The number of alkyl halides is 2. The molecular weight excluding hydrogens is 354 g/mol. The summed E-state index contributed by atoms with van der Waals surface area (Å²) in [5.74, 6) is 0.908. The molecule has 0 saturated heterocycles. The number of rotatable bonds is 6. The van der Waals surface area contributed by atoms with Gasteiger partial charge in [-0.3, -0.25) is 9.89 Å². The quantitative estimate of drug-likeness (QED) is 0.692. The number of aromatic amines is 1. The lowest BCUT2D eigenvalue weighted by Gasteiger charge is -2.09. The SMILES string of the molecule is CCc1nc(-c2ccccc2NC(=O)Cc2c(C)nn(C(F)F)c2C)n[nH]1.